The molecule has 2 unspecified atom stereocenters. The maximum atomic E-state index is 11.4. The van der Waals surface area contributed by atoms with Gasteiger partial charge in [-0.2, -0.15) is 0 Å². The zero-order valence-electron chi connectivity index (χ0n) is 25.2. The monoisotopic (exact) mass is 564 g/mol. The van der Waals surface area contributed by atoms with E-state index in [1.807, 2.05) is 25.1 Å². The number of ether oxygens (including phenoxy) is 1. The molecule has 5 rings (SSSR count). The van der Waals surface area contributed by atoms with Crippen LogP contribution < -0.4 is 0 Å². The van der Waals surface area contributed by atoms with Crippen LogP contribution in [0, 0.1) is 18.3 Å². The first kappa shape index (κ1) is 30.0. The molecule has 0 saturated heterocycles. The van der Waals surface area contributed by atoms with Gasteiger partial charge in [0.25, 0.3) is 0 Å². The second-order valence-electron chi connectivity index (χ2n) is 12.9. The fourth-order valence-electron chi connectivity index (χ4n) is 6.24. The van der Waals surface area contributed by atoms with E-state index in [1.54, 1.807) is 12.1 Å². The van der Waals surface area contributed by atoms with Crippen LogP contribution in [0.3, 0.4) is 0 Å². The average Bonchev–Trinajstić information content (AvgIpc) is 3.81. The van der Waals surface area contributed by atoms with Gasteiger partial charge in [-0.15, -0.1) is 0 Å². The molecule has 0 bridgehead atoms. The maximum absolute atomic E-state index is 11.4. The molecule has 2 atom stereocenters. The van der Waals surface area contributed by atoms with Crippen molar-refractivity contribution in [2.24, 2.45) is 11.3 Å². The number of hydrogen-bond acceptors (Lipinski definition) is 3. The highest BCUT2D eigenvalue weighted by Gasteiger charge is 2.35. The summed E-state index contributed by atoms with van der Waals surface area (Å²) in [5, 5.41) is 22.8. The fraction of sp³-hybridized carbons (Fsp3) is 0.395. The topological polar surface area (TPSA) is 66.8 Å². The molecular formula is C38H44O4. The number of unbranched alkanes of at least 4 members (excludes halogenated alkanes) is 1. The van der Waals surface area contributed by atoms with Crippen LogP contribution >= 0.6 is 0 Å². The van der Waals surface area contributed by atoms with Crippen molar-refractivity contribution in [1.82, 2.24) is 0 Å². The second kappa shape index (κ2) is 13.2. The van der Waals surface area contributed by atoms with Crippen molar-refractivity contribution in [2.45, 2.75) is 77.9 Å². The predicted molar refractivity (Wildman–Crippen MR) is 171 cm³/mol. The summed E-state index contributed by atoms with van der Waals surface area (Å²) in [5.74, 6) is -0.465. The zero-order chi connectivity index (χ0) is 29.7. The van der Waals surface area contributed by atoms with Gasteiger partial charge in [-0.05, 0) is 101 Å². The van der Waals surface area contributed by atoms with Gasteiger partial charge in [0.2, 0.25) is 0 Å². The van der Waals surface area contributed by atoms with Gasteiger partial charge in [-0.3, -0.25) is 0 Å². The third-order valence-electron chi connectivity index (χ3n) is 8.69. The molecule has 0 heterocycles. The van der Waals surface area contributed by atoms with Gasteiger partial charge in [0.15, 0.2) is 0 Å². The Bertz CT molecular complexity index is 1520. The summed E-state index contributed by atoms with van der Waals surface area (Å²) in [7, 11) is 0. The third kappa shape index (κ3) is 7.67. The zero-order valence-corrected chi connectivity index (χ0v) is 25.2. The van der Waals surface area contributed by atoms with E-state index >= 15 is 0 Å². The van der Waals surface area contributed by atoms with Crippen molar-refractivity contribution in [3.8, 4) is 11.1 Å². The number of fused-ring (bicyclic) bond motifs is 1. The van der Waals surface area contributed by atoms with Crippen molar-refractivity contribution in [2.75, 3.05) is 6.61 Å². The Morgan fingerprint density at radius 1 is 0.905 bits per heavy atom. The third-order valence-corrected chi connectivity index (χ3v) is 8.69. The van der Waals surface area contributed by atoms with Crippen LogP contribution in [0.25, 0.3) is 21.9 Å². The van der Waals surface area contributed by atoms with Crippen molar-refractivity contribution in [1.29, 1.82) is 0 Å². The van der Waals surface area contributed by atoms with E-state index < -0.39 is 12.1 Å². The first-order valence-electron chi connectivity index (χ1n) is 15.4. The maximum Gasteiger partial charge on any atom is 0.335 e. The van der Waals surface area contributed by atoms with E-state index in [0.717, 1.165) is 67.2 Å². The van der Waals surface area contributed by atoms with Gasteiger partial charge in [-0.25, -0.2) is 4.79 Å². The summed E-state index contributed by atoms with van der Waals surface area (Å²) in [6.07, 6.45) is 6.64. The van der Waals surface area contributed by atoms with Gasteiger partial charge in [0, 0.05) is 0 Å². The van der Waals surface area contributed by atoms with Crippen molar-refractivity contribution < 1.29 is 19.7 Å². The Kier molecular flexibility index (Phi) is 9.45. The largest absolute Gasteiger partial charge is 0.478 e. The molecule has 4 aromatic carbocycles. The van der Waals surface area contributed by atoms with E-state index in [9.17, 15) is 15.0 Å². The molecule has 4 aromatic rings. The van der Waals surface area contributed by atoms with E-state index in [1.165, 1.54) is 16.3 Å². The van der Waals surface area contributed by atoms with Crippen molar-refractivity contribution >= 4 is 16.7 Å². The quantitative estimate of drug-likeness (QED) is 0.150. The van der Waals surface area contributed by atoms with Crippen LogP contribution in [0.5, 0.6) is 0 Å². The minimum atomic E-state index is -0.917. The van der Waals surface area contributed by atoms with Crippen LogP contribution in [0.15, 0.2) is 84.9 Å². The lowest BCUT2D eigenvalue weighted by molar-refractivity contribution is -0.0231. The Morgan fingerprint density at radius 3 is 2.38 bits per heavy atom. The minimum absolute atomic E-state index is 0.0738. The van der Waals surface area contributed by atoms with Gasteiger partial charge in [0.1, 0.15) is 0 Å². The normalized spacial score (nSPS) is 15.0. The van der Waals surface area contributed by atoms with Gasteiger partial charge in [-0.1, -0.05) is 99.5 Å². The standard InChI is InChI=1S/C38H44O4/c1-26-22-31(37(40)41)19-20-33(26)34-13-6-7-14-35(34)36(29-17-18-29)42-25-32(39)12-8-9-21-38(2,3)24-27-15-16-28-10-4-5-11-30(28)23-27/h4-7,10-11,13-16,19-20,22-23,29,32,36,39H,8-9,12,17-18,21,24-25H2,1-3H3,(H,40,41). The number of aryl methyl sites for hydroxylation is 1. The number of carbonyl (C=O) groups is 1. The molecule has 1 fully saturated rings. The highest BCUT2D eigenvalue weighted by Crippen LogP contribution is 2.46. The van der Waals surface area contributed by atoms with Crippen LogP contribution in [0.2, 0.25) is 0 Å². The summed E-state index contributed by atoms with van der Waals surface area (Å²) in [4.78, 5) is 11.4. The van der Waals surface area contributed by atoms with Gasteiger partial charge >= 0.3 is 5.97 Å². The number of hydrogen-bond donors (Lipinski definition) is 2. The van der Waals surface area contributed by atoms with Gasteiger partial charge in [0.05, 0.1) is 24.4 Å². The lowest BCUT2D eigenvalue weighted by Crippen LogP contribution is -2.20. The number of carboxylic acid groups (broad SMARTS) is 1. The number of carboxylic acids is 1. The smallest absolute Gasteiger partial charge is 0.335 e. The SMILES string of the molecule is Cc1cc(C(=O)O)ccc1-c1ccccc1C(OCC(O)CCCCC(C)(C)Cc1ccc2ccccc2c1)C1CC1. The summed E-state index contributed by atoms with van der Waals surface area (Å²) in [6, 6.07) is 28.9. The summed E-state index contributed by atoms with van der Waals surface area (Å²) < 4.78 is 6.45. The molecule has 0 spiro atoms. The van der Waals surface area contributed by atoms with E-state index in [0.29, 0.717) is 18.1 Å². The van der Waals surface area contributed by atoms with Crippen molar-refractivity contribution in [3.05, 3.63) is 107 Å². The molecule has 4 heteroatoms. The second-order valence-corrected chi connectivity index (χ2v) is 12.9. The molecule has 220 valence electrons. The first-order valence-corrected chi connectivity index (χ1v) is 15.4. The molecule has 4 nitrogen and oxygen atoms in total. The van der Waals surface area contributed by atoms with E-state index in [2.05, 4.69) is 68.4 Å². The summed E-state index contributed by atoms with van der Waals surface area (Å²) >= 11 is 0. The highest BCUT2D eigenvalue weighted by molar-refractivity contribution is 5.89. The molecule has 1 aliphatic carbocycles. The van der Waals surface area contributed by atoms with E-state index in [-0.39, 0.29) is 11.5 Å². The number of aromatic carboxylic acids is 1. The molecule has 2 N–H and O–H groups in total. The first-order chi connectivity index (χ1) is 20.2. The Labute approximate surface area is 250 Å². The summed E-state index contributed by atoms with van der Waals surface area (Å²) in [5.41, 5.74) is 6.03. The Balaban J connectivity index is 1.14. The molecule has 0 amide bonds. The number of aliphatic hydroxyl groups excluding tert-OH is 1. The number of rotatable bonds is 14. The van der Waals surface area contributed by atoms with Crippen LogP contribution in [-0.4, -0.2) is 28.9 Å². The molecule has 0 aliphatic heterocycles. The van der Waals surface area contributed by atoms with Crippen LogP contribution in [0.1, 0.15) is 85.5 Å². The van der Waals surface area contributed by atoms with E-state index in [4.69, 9.17) is 4.74 Å². The number of aliphatic hydroxyl groups is 1. The molecule has 0 radical (unpaired) electrons. The van der Waals surface area contributed by atoms with Crippen LogP contribution in [-0.2, 0) is 11.2 Å². The Hall–Kier alpha value is -3.47. The predicted octanol–water partition coefficient (Wildman–Crippen LogP) is 9.17. The lowest BCUT2D eigenvalue weighted by Gasteiger charge is -2.26. The number of benzene rings is 4. The fourth-order valence-corrected chi connectivity index (χ4v) is 6.24. The molecule has 42 heavy (non-hydrogen) atoms. The van der Waals surface area contributed by atoms with Crippen LogP contribution in [0.4, 0.5) is 0 Å². The molecular weight excluding hydrogens is 520 g/mol. The molecule has 1 saturated carbocycles. The minimum Gasteiger partial charge on any atom is -0.478 e. The van der Waals surface area contributed by atoms with Gasteiger partial charge < -0.3 is 14.9 Å². The summed E-state index contributed by atoms with van der Waals surface area (Å²) in [6.45, 7) is 6.97. The lowest BCUT2D eigenvalue weighted by atomic mass is 9.80. The molecule has 1 aliphatic rings. The average molecular weight is 565 g/mol. The Morgan fingerprint density at radius 2 is 1.64 bits per heavy atom. The van der Waals surface area contributed by atoms with Crippen molar-refractivity contribution in [3.63, 3.8) is 0 Å². The molecule has 0 aromatic heterocycles. The highest BCUT2D eigenvalue weighted by atomic mass is 16.5.